The van der Waals surface area contributed by atoms with Crippen molar-refractivity contribution in [1.29, 1.82) is 0 Å². The smallest absolute Gasteiger partial charge is 0.335 e. The van der Waals surface area contributed by atoms with E-state index in [9.17, 15) is 24.0 Å². The quantitative estimate of drug-likeness (QED) is 0.405. The van der Waals surface area contributed by atoms with Gasteiger partial charge in [-0.3, -0.25) is 19.3 Å². The molecule has 0 bridgehead atoms. The first-order valence-electron chi connectivity index (χ1n) is 8.30. The molecule has 1 rings (SSSR count). The van der Waals surface area contributed by atoms with Gasteiger partial charge in [0.05, 0.1) is 11.1 Å². The molecule has 29 heavy (non-hydrogen) atoms. The third-order valence-electron chi connectivity index (χ3n) is 3.62. The highest BCUT2D eigenvalue weighted by molar-refractivity contribution is 6.01. The molecule has 160 valence electrons. The van der Waals surface area contributed by atoms with Gasteiger partial charge < -0.3 is 25.7 Å². The van der Waals surface area contributed by atoms with E-state index in [1.54, 1.807) is 13.8 Å². The zero-order chi connectivity index (χ0) is 22.9. The highest BCUT2D eigenvalue weighted by atomic mass is 16.4. The molecular formula is C18H24N2O9. The molecule has 0 saturated heterocycles. The highest BCUT2D eigenvalue weighted by Gasteiger charge is 2.31. The van der Waals surface area contributed by atoms with E-state index >= 15 is 0 Å². The lowest BCUT2D eigenvalue weighted by atomic mass is 10.0. The molecule has 1 aromatic rings. The van der Waals surface area contributed by atoms with E-state index in [4.69, 9.17) is 20.4 Å². The Morgan fingerprint density at radius 3 is 1.69 bits per heavy atom. The lowest BCUT2D eigenvalue weighted by Gasteiger charge is -2.27. The fraction of sp³-hybridized carbons (Fsp3) is 0.389. The van der Waals surface area contributed by atoms with Crippen LogP contribution < -0.4 is 5.32 Å². The number of carboxylic acids is 3. The van der Waals surface area contributed by atoms with Crippen molar-refractivity contribution in [2.75, 3.05) is 19.0 Å². The Hall–Kier alpha value is -3.47. The topological polar surface area (TPSA) is 182 Å². The predicted molar refractivity (Wildman–Crippen MR) is 101 cm³/mol. The second-order valence-corrected chi connectivity index (χ2v) is 6.11. The molecule has 0 heterocycles. The first kappa shape index (κ1) is 25.5. The molecule has 1 aromatic carbocycles. The number of nitrogens with zero attached hydrogens (tertiary/aromatic N) is 1. The van der Waals surface area contributed by atoms with Gasteiger partial charge in [0.15, 0.2) is 0 Å². The number of carbonyl (C=O) groups excluding carboxylic acids is 2. The van der Waals surface area contributed by atoms with Gasteiger partial charge in [-0.05, 0) is 24.1 Å². The Balaban J connectivity index is 0.00000379. The average Bonchev–Trinajstić information content (AvgIpc) is 2.64. The van der Waals surface area contributed by atoms with Gasteiger partial charge >= 0.3 is 17.9 Å². The maximum Gasteiger partial charge on any atom is 0.335 e. The second-order valence-electron chi connectivity index (χ2n) is 6.11. The molecule has 2 amide bonds. The zero-order valence-corrected chi connectivity index (χ0v) is 16.4. The van der Waals surface area contributed by atoms with Gasteiger partial charge in [-0.2, -0.15) is 0 Å². The number of aliphatic carboxylic acids is 1. The van der Waals surface area contributed by atoms with E-state index < -0.39 is 48.2 Å². The van der Waals surface area contributed by atoms with Crippen molar-refractivity contribution in [3.63, 3.8) is 0 Å². The van der Waals surface area contributed by atoms with Crippen molar-refractivity contribution in [2.24, 2.45) is 5.92 Å². The van der Waals surface area contributed by atoms with E-state index in [0.29, 0.717) is 4.90 Å². The van der Waals surface area contributed by atoms with E-state index in [1.807, 2.05) is 0 Å². The van der Waals surface area contributed by atoms with Crippen molar-refractivity contribution in [2.45, 2.75) is 26.8 Å². The van der Waals surface area contributed by atoms with E-state index in [-0.39, 0.29) is 16.8 Å². The number of hydrogen-bond donors (Lipinski definition) is 5. The molecule has 1 atom stereocenters. The number of anilines is 1. The summed E-state index contributed by atoms with van der Waals surface area (Å²) in [5, 5.41) is 36.8. The van der Waals surface area contributed by atoms with Crippen LogP contribution in [0.1, 0.15) is 41.5 Å². The molecule has 0 spiro atoms. The van der Waals surface area contributed by atoms with Gasteiger partial charge in [0.1, 0.15) is 12.6 Å². The molecule has 0 aliphatic carbocycles. The highest BCUT2D eigenvalue weighted by Crippen LogP contribution is 2.20. The SMILES string of the molecule is CC(=O)N(CC(=O)O)C(=O)C(Nc1cc(C(=O)O)cc(C(=O)O)c1)C(C)C.CO. The minimum atomic E-state index is -1.37. The van der Waals surface area contributed by atoms with Crippen LogP contribution in [0.5, 0.6) is 0 Å². The van der Waals surface area contributed by atoms with Crippen LogP contribution in [-0.4, -0.2) is 74.7 Å². The number of carboxylic acid groups (broad SMARTS) is 3. The fourth-order valence-corrected chi connectivity index (χ4v) is 2.30. The van der Waals surface area contributed by atoms with Crippen molar-refractivity contribution in [3.8, 4) is 0 Å². The monoisotopic (exact) mass is 412 g/mol. The van der Waals surface area contributed by atoms with Gasteiger partial charge in [-0.15, -0.1) is 0 Å². The van der Waals surface area contributed by atoms with Gasteiger partial charge in [0, 0.05) is 19.7 Å². The standard InChI is InChI=1S/C17H20N2O8.CH4O/c1-8(2)14(15(23)19(9(3)20)7-13(21)22)18-12-5-10(16(24)25)4-11(6-12)17(26)27;1-2/h4-6,8,14,18H,7H2,1-3H3,(H,21,22)(H,24,25)(H,26,27);2H,1H3. The van der Waals surface area contributed by atoms with Gasteiger partial charge in [0.2, 0.25) is 5.91 Å². The Bertz CT molecular complexity index is 757. The average molecular weight is 412 g/mol. The summed E-state index contributed by atoms with van der Waals surface area (Å²) in [4.78, 5) is 58.2. The van der Waals surface area contributed by atoms with Crippen LogP contribution in [0.25, 0.3) is 0 Å². The number of aliphatic hydroxyl groups excluding tert-OH is 1. The summed E-state index contributed by atoms with van der Waals surface area (Å²) in [5.74, 6) is -6.09. The first-order valence-corrected chi connectivity index (χ1v) is 8.30. The molecule has 11 nitrogen and oxygen atoms in total. The molecule has 1 unspecified atom stereocenters. The maximum atomic E-state index is 12.7. The molecular weight excluding hydrogens is 388 g/mol. The summed E-state index contributed by atoms with van der Waals surface area (Å²) in [7, 11) is 1.00. The van der Waals surface area contributed by atoms with E-state index in [2.05, 4.69) is 5.32 Å². The van der Waals surface area contributed by atoms with Crippen molar-refractivity contribution >= 4 is 35.4 Å². The van der Waals surface area contributed by atoms with Crippen molar-refractivity contribution in [3.05, 3.63) is 29.3 Å². The van der Waals surface area contributed by atoms with Crippen LogP contribution in [0.15, 0.2) is 18.2 Å². The van der Waals surface area contributed by atoms with Crippen LogP contribution in [0.2, 0.25) is 0 Å². The number of nitrogens with one attached hydrogen (secondary N) is 1. The predicted octanol–water partition coefficient (Wildman–Crippen LogP) is 0.588. The number of benzene rings is 1. The summed E-state index contributed by atoms with van der Waals surface area (Å²) >= 11 is 0. The van der Waals surface area contributed by atoms with Crippen LogP contribution in [0.3, 0.4) is 0 Å². The number of hydrogen-bond acceptors (Lipinski definition) is 7. The Kier molecular flexibility index (Phi) is 10.0. The summed E-state index contributed by atoms with van der Waals surface area (Å²) in [6.07, 6.45) is 0. The van der Waals surface area contributed by atoms with Crippen LogP contribution in [-0.2, 0) is 14.4 Å². The summed E-state index contributed by atoms with van der Waals surface area (Å²) in [6.45, 7) is 3.49. The number of imide groups is 1. The first-order chi connectivity index (χ1) is 13.4. The third kappa shape index (κ3) is 7.58. The summed E-state index contributed by atoms with van der Waals surface area (Å²) in [6, 6.07) is 2.17. The van der Waals surface area contributed by atoms with Crippen LogP contribution in [0, 0.1) is 5.92 Å². The zero-order valence-electron chi connectivity index (χ0n) is 16.4. The Labute approximate surface area is 166 Å². The molecule has 0 saturated carbocycles. The third-order valence-corrected chi connectivity index (χ3v) is 3.62. The number of carbonyl (C=O) groups is 5. The van der Waals surface area contributed by atoms with Crippen molar-refractivity contribution < 1.29 is 44.4 Å². The molecule has 0 fully saturated rings. The lowest BCUT2D eigenvalue weighted by molar-refractivity contribution is -0.152. The largest absolute Gasteiger partial charge is 0.480 e. The molecule has 11 heteroatoms. The second kappa shape index (κ2) is 11.4. The summed E-state index contributed by atoms with van der Waals surface area (Å²) < 4.78 is 0. The summed E-state index contributed by atoms with van der Waals surface area (Å²) in [5.41, 5.74) is -0.569. The van der Waals surface area contributed by atoms with E-state index in [1.165, 1.54) is 0 Å². The minimum Gasteiger partial charge on any atom is -0.480 e. The molecule has 0 aromatic heterocycles. The van der Waals surface area contributed by atoms with Gasteiger partial charge in [0.25, 0.3) is 5.91 Å². The Morgan fingerprint density at radius 2 is 1.38 bits per heavy atom. The molecule has 0 aliphatic rings. The lowest BCUT2D eigenvalue weighted by Crippen LogP contribution is -2.49. The molecule has 5 N–H and O–H groups in total. The van der Waals surface area contributed by atoms with Gasteiger partial charge in [-0.25, -0.2) is 9.59 Å². The maximum absolute atomic E-state index is 12.7. The van der Waals surface area contributed by atoms with Crippen LogP contribution in [0.4, 0.5) is 5.69 Å². The molecule has 0 radical (unpaired) electrons. The fourth-order valence-electron chi connectivity index (χ4n) is 2.30. The molecule has 0 aliphatic heterocycles. The van der Waals surface area contributed by atoms with E-state index in [0.717, 1.165) is 32.2 Å². The van der Waals surface area contributed by atoms with Crippen molar-refractivity contribution in [1.82, 2.24) is 4.90 Å². The van der Waals surface area contributed by atoms with Gasteiger partial charge in [-0.1, -0.05) is 13.8 Å². The number of amides is 2. The Morgan fingerprint density at radius 1 is 0.931 bits per heavy atom. The number of aliphatic hydroxyl groups is 1. The number of rotatable bonds is 8. The van der Waals surface area contributed by atoms with Crippen LogP contribution >= 0.6 is 0 Å². The minimum absolute atomic E-state index is 0.0400. The number of aromatic carboxylic acids is 2. The normalized spacial score (nSPS) is 11.0.